The Kier molecular flexibility index (Phi) is 2.04. The highest BCUT2D eigenvalue weighted by atomic mass is 16.1. The van der Waals surface area contributed by atoms with Crippen LogP contribution in [0.2, 0.25) is 0 Å². The van der Waals surface area contributed by atoms with E-state index in [4.69, 9.17) is 0 Å². The van der Waals surface area contributed by atoms with Crippen LogP contribution in [0.5, 0.6) is 0 Å². The van der Waals surface area contributed by atoms with Gasteiger partial charge in [0.05, 0.1) is 5.69 Å². The van der Waals surface area contributed by atoms with E-state index in [0.29, 0.717) is 0 Å². The molecule has 1 aromatic heterocycles. The maximum absolute atomic E-state index is 11.1. The third-order valence-corrected chi connectivity index (χ3v) is 1.74. The largest absolute Gasteiger partial charge is 0.347 e. The molecule has 12 heavy (non-hydrogen) atoms. The lowest BCUT2D eigenvalue weighted by Crippen LogP contribution is -2.25. The molecule has 1 aromatic rings. The van der Waals surface area contributed by atoms with Crippen LogP contribution < -0.4 is 5.69 Å². The van der Waals surface area contributed by atoms with E-state index in [0.717, 1.165) is 5.69 Å². The monoisotopic (exact) mass is 166 g/mol. The summed E-state index contributed by atoms with van der Waals surface area (Å²) in [6.07, 6.45) is 1.75. The van der Waals surface area contributed by atoms with Crippen LogP contribution in [-0.4, -0.2) is 9.55 Å². The van der Waals surface area contributed by atoms with Crippen LogP contribution in [0.1, 0.15) is 26.5 Å². The van der Waals surface area contributed by atoms with Gasteiger partial charge in [0.15, 0.2) is 0 Å². The number of hydrogen-bond donors (Lipinski definition) is 0. The van der Waals surface area contributed by atoms with Crippen molar-refractivity contribution in [2.75, 3.05) is 0 Å². The summed E-state index contributed by atoms with van der Waals surface area (Å²) >= 11 is 0. The Bertz CT molecular complexity index is 333. The molecule has 0 spiro atoms. The van der Waals surface area contributed by atoms with Gasteiger partial charge in [0.1, 0.15) is 0 Å². The first kappa shape index (κ1) is 8.97. The van der Waals surface area contributed by atoms with Gasteiger partial charge in [-0.15, -0.1) is 0 Å². The molecule has 66 valence electrons. The number of rotatable bonds is 0. The first-order valence-corrected chi connectivity index (χ1v) is 3.95. The lowest BCUT2D eigenvalue weighted by molar-refractivity contribution is 0.557. The Morgan fingerprint density at radius 1 is 1.42 bits per heavy atom. The van der Waals surface area contributed by atoms with Gasteiger partial charge in [0.25, 0.3) is 0 Å². The smallest absolute Gasteiger partial charge is 0.302 e. The lowest BCUT2D eigenvalue weighted by Gasteiger charge is -2.16. The quantitative estimate of drug-likeness (QED) is 0.578. The standard InChI is InChI=1S/C9H14N2O/c1-9(2,3)7-5-6-11(4)8(12)10-7/h5-6H,1-4H3. The summed E-state index contributed by atoms with van der Waals surface area (Å²) < 4.78 is 1.47. The van der Waals surface area contributed by atoms with E-state index in [2.05, 4.69) is 4.98 Å². The lowest BCUT2D eigenvalue weighted by atomic mass is 9.92. The van der Waals surface area contributed by atoms with E-state index in [1.165, 1.54) is 4.57 Å². The van der Waals surface area contributed by atoms with Gasteiger partial charge in [0.2, 0.25) is 0 Å². The Balaban J connectivity index is 3.23. The predicted molar refractivity (Wildman–Crippen MR) is 48.2 cm³/mol. The minimum Gasteiger partial charge on any atom is -0.302 e. The molecule has 0 fully saturated rings. The maximum atomic E-state index is 11.1. The van der Waals surface area contributed by atoms with Gasteiger partial charge >= 0.3 is 5.69 Å². The van der Waals surface area contributed by atoms with Crippen LogP contribution in [0, 0.1) is 0 Å². The van der Waals surface area contributed by atoms with Crippen molar-refractivity contribution in [3.63, 3.8) is 0 Å². The van der Waals surface area contributed by atoms with Gasteiger partial charge in [-0.1, -0.05) is 20.8 Å². The normalized spacial score (nSPS) is 11.7. The van der Waals surface area contributed by atoms with Crippen LogP contribution in [0.25, 0.3) is 0 Å². The van der Waals surface area contributed by atoms with Crippen LogP contribution in [0.4, 0.5) is 0 Å². The highest BCUT2D eigenvalue weighted by Crippen LogP contribution is 2.17. The van der Waals surface area contributed by atoms with Crippen molar-refractivity contribution >= 4 is 0 Å². The zero-order valence-electron chi connectivity index (χ0n) is 7.96. The molecular formula is C9H14N2O. The first-order chi connectivity index (χ1) is 5.41. The molecule has 0 saturated heterocycles. The van der Waals surface area contributed by atoms with E-state index >= 15 is 0 Å². The number of hydrogen-bond acceptors (Lipinski definition) is 2. The van der Waals surface area contributed by atoms with E-state index in [1.54, 1.807) is 13.2 Å². The van der Waals surface area contributed by atoms with Crippen LogP contribution >= 0.6 is 0 Å². The topological polar surface area (TPSA) is 34.9 Å². The second kappa shape index (κ2) is 2.73. The fourth-order valence-electron chi connectivity index (χ4n) is 0.883. The fourth-order valence-corrected chi connectivity index (χ4v) is 0.883. The summed E-state index contributed by atoms with van der Waals surface area (Å²) in [6, 6.07) is 1.88. The summed E-state index contributed by atoms with van der Waals surface area (Å²) in [5.74, 6) is 0. The molecule has 3 nitrogen and oxygen atoms in total. The molecule has 0 radical (unpaired) electrons. The van der Waals surface area contributed by atoms with Crippen molar-refractivity contribution in [2.24, 2.45) is 7.05 Å². The second-order valence-corrected chi connectivity index (χ2v) is 3.96. The van der Waals surface area contributed by atoms with Gasteiger partial charge in [0, 0.05) is 18.7 Å². The predicted octanol–water partition coefficient (Wildman–Crippen LogP) is 1.08. The molecule has 1 heterocycles. The highest BCUT2D eigenvalue weighted by Gasteiger charge is 2.15. The Morgan fingerprint density at radius 3 is 2.42 bits per heavy atom. The summed E-state index contributed by atoms with van der Waals surface area (Å²) in [7, 11) is 1.70. The Labute approximate surface area is 72.1 Å². The van der Waals surface area contributed by atoms with E-state index in [-0.39, 0.29) is 11.1 Å². The molecule has 0 unspecified atom stereocenters. The molecule has 0 aliphatic rings. The summed E-state index contributed by atoms with van der Waals surface area (Å²) in [5.41, 5.74) is 0.598. The average Bonchev–Trinajstić information content (AvgIpc) is 1.92. The molecule has 0 aromatic carbocycles. The zero-order chi connectivity index (χ0) is 9.35. The summed E-state index contributed by atoms with van der Waals surface area (Å²) in [4.78, 5) is 15.1. The second-order valence-electron chi connectivity index (χ2n) is 3.96. The van der Waals surface area contributed by atoms with E-state index in [9.17, 15) is 4.79 Å². The van der Waals surface area contributed by atoms with Gasteiger partial charge in [-0.2, -0.15) is 4.98 Å². The SMILES string of the molecule is Cn1ccc(C(C)(C)C)nc1=O. The average molecular weight is 166 g/mol. The van der Waals surface area contributed by atoms with Gasteiger partial charge in [-0.3, -0.25) is 0 Å². The van der Waals surface area contributed by atoms with Crippen LogP contribution in [0.15, 0.2) is 17.1 Å². The molecule has 0 N–H and O–H groups in total. The van der Waals surface area contributed by atoms with Gasteiger partial charge in [-0.25, -0.2) is 4.79 Å². The minimum atomic E-state index is -0.192. The third kappa shape index (κ3) is 1.72. The molecule has 0 amide bonds. The molecular weight excluding hydrogens is 152 g/mol. The van der Waals surface area contributed by atoms with Crippen molar-refractivity contribution in [2.45, 2.75) is 26.2 Å². The van der Waals surface area contributed by atoms with Crippen LogP contribution in [0.3, 0.4) is 0 Å². The fraction of sp³-hybridized carbons (Fsp3) is 0.556. The summed E-state index contributed by atoms with van der Waals surface area (Å²) in [6.45, 7) is 6.11. The maximum Gasteiger partial charge on any atom is 0.347 e. The van der Waals surface area contributed by atoms with E-state index in [1.807, 2.05) is 26.8 Å². The van der Waals surface area contributed by atoms with Crippen molar-refractivity contribution in [3.8, 4) is 0 Å². The first-order valence-electron chi connectivity index (χ1n) is 3.95. The van der Waals surface area contributed by atoms with E-state index < -0.39 is 0 Å². The molecule has 0 aliphatic carbocycles. The minimum absolute atomic E-state index is 0.0482. The molecule has 0 saturated carbocycles. The number of aryl methyl sites for hydroxylation is 1. The molecule has 3 heteroatoms. The highest BCUT2D eigenvalue weighted by molar-refractivity contribution is 5.09. The Morgan fingerprint density at radius 2 is 2.00 bits per heavy atom. The molecule has 0 aliphatic heterocycles. The molecule has 0 bridgehead atoms. The van der Waals surface area contributed by atoms with Crippen molar-refractivity contribution in [1.82, 2.24) is 9.55 Å². The Hall–Kier alpha value is -1.12. The van der Waals surface area contributed by atoms with Crippen LogP contribution in [-0.2, 0) is 12.5 Å². The van der Waals surface area contributed by atoms with Gasteiger partial charge in [-0.05, 0) is 6.07 Å². The van der Waals surface area contributed by atoms with Crippen molar-refractivity contribution < 1.29 is 0 Å². The molecule has 0 atom stereocenters. The molecule has 1 rings (SSSR count). The van der Waals surface area contributed by atoms with Gasteiger partial charge < -0.3 is 4.57 Å². The summed E-state index contributed by atoms with van der Waals surface area (Å²) in [5, 5.41) is 0. The number of nitrogens with zero attached hydrogens (tertiary/aromatic N) is 2. The zero-order valence-corrected chi connectivity index (χ0v) is 7.96. The third-order valence-electron chi connectivity index (χ3n) is 1.74. The number of aromatic nitrogens is 2. The van der Waals surface area contributed by atoms with Crippen molar-refractivity contribution in [1.29, 1.82) is 0 Å². The van der Waals surface area contributed by atoms with Crippen molar-refractivity contribution in [3.05, 3.63) is 28.4 Å².